The van der Waals surface area contributed by atoms with Crippen molar-refractivity contribution < 1.29 is 23.4 Å². The van der Waals surface area contributed by atoms with Crippen molar-refractivity contribution in [2.75, 3.05) is 32.8 Å². The number of ketones is 1. The van der Waals surface area contributed by atoms with Crippen molar-refractivity contribution in [1.29, 1.82) is 5.26 Å². The van der Waals surface area contributed by atoms with Crippen LogP contribution >= 0.6 is 11.6 Å². The first-order chi connectivity index (χ1) is 26.3. The lowest BCUT2D eigenvalue weighted by Crippen LogP contribution is -2.35. The maximum absolute atomic E-state index is 13.5. The fourth-order valence-electron chi connectivity index (χ4n) is 8.01. The van der Waals surface area contributed by atoms with Gasteiger partial charge in [-0.25, -0.2) is 4.39 Å². The number of nitrogens with zero attached hydrogens (tertiary/aromatic N) is 3. The van der Waals surface area contributed by atoms with Gasteiger partial charge in [-0.1, -0.05) is 41.9 Å². The molecule has 2 aliphatic carbocycles. The van der Waals surface area contributed by atoms with Gasteiger partial charge < -0.3 is 24.4 Å². The van der Waals surface area contributed by atoms with Gasteiger partial charge in [0.1, 0.15) is 48.0 Å². The molecule has 3 aromatic carbocycles. The van der Waals surface area contributed by atoms with E-state index in [4.69, 9.17) is 25.8 Å². The highest BCUT2D eigenvalue weighted by atomic mass is 35.5. The van der Waals surface area contributed by atoms with Crippen LogP contribution in [0.3, 0.4) is 0 Å². The van der Waals surface area contributed by atoms with E-state index in [9.17, 15) is 14.4 Å². The van der Waals surface area contributed by atoms with Crippen molar-refractivity contribution in [3.05, 3.63) is 105 Å². The first-order valence-electron chi connectivity index (χ1n) is 19.2. The summed E-state index contributed by atoms with van der Waals surface area (Å²) in [6, 6.07) is 20.3. The summed E-state index contributed by atoms with van der Waals surface area (Å²) in [5, 5.41) is 13.4. The zero-order valence-electron chi connectivity index (χ0n) is 30.9. The number of likely N-dealkylation sites (tertiary alicyclic amines) is 1. The van der Waals surface area contributed by atoms with Crippen molar-refractivity contribution >= 4 is 17.4 Å². The molecule has 0 radical (unpaired) electrons. The van der Waals surface area contributed by atoms with Crippen molar-refractivity contribution in [2.24, 2.45) is 5.92 Å². The van der Waals surface area contributed by atoms with Crippen LogP contribution in [0.5, 0.6) is 17.2 Å². The Morgan fingerprint density at radius 3 is 2.63 bits per heavy atom. The van der Waals surface area contributed by atoms with Gasteiger partial charge in [0, 0.05) is 68.6 Å². The predicted octanol–water partition coefficient (Wildman–Crippen LogP) is 8.89. The van der Waals surface area contributed by atoms with E-state index in [0.29, 0.717) is 72.6 Å². The Bertz CT molecular complexity index is 1990. The first-order valence-corrected chi connectivity index (χ1v) is 19.6. The predicted molar refractivity (Wildman–Crippen MR) is 208 cm³/mol. The number of Topliss-reactive ketones (excluding diaryl/α,β-unsaturated/α-hetero) is 1. The molecule has 2 fully saturated rings. The average Bonchev–Trinajstić information content (AvgIpc) is 3.80. The van der Waals surface area contributed by atoms with E-state index in [1.54, 1.807) is 12.3 Å². The van der Waals surface area contributed by atoms with Crippen molar-refractivity contribution in [2.45, 2.75) is 83.7 Å². The lowest BCUT2D eigenvalue weighted by atomic mass is 9.93. The SMILES string of the molecule is Cc1c(OCCCN2CCC(F)CC2)cccc1-c1cccc2c1CC[C@@H]2Oc1cc(OCc2cncc(C#N)c2)c(CNC[C@H]2CCC(=O)C2)cc1Cl. The van der Waals surface area contributed by atoms with Gasteiger partial charge >= 0.3 is 0 Å². The number of benzene rings is 3. The highest BCUT2D eigenvalue weighted by Crippen LogP contribution is 2.44. The van der Waals surface area contributed by atoms with Gasteiger partial charge in [-0.3, -0.25) is 9.78 Å². The monoisotopic (exact) mass is 750 g/mol. The van der Waals surface area contributed by atoms with Crippen LogP contribution in [0.25, 0.3) is 11.1 Å². The van der Waals surface area contributed by atoms with Gasteiger partial charge in [-0.2, -0.15) is 5.26 Å². The number of carbonyl (C=O) groups is 1. The number of aromatic nitrogens is 1. The van der Waals surface area contributed by atoms with E-state index < -0.39 is 6.17 Å². The second kappa shape index (κ2) is 17.8. The molecular weight excluding hydrogens is 703 g/mol. The number of fused-ring (bicyclic) bond motifs is 1. The fourth-order valence-corrected chi connectivity index (χ4v) is 8.24. The van der Waals surface area contributed by atoms with Crippen LogP contribution in [-0.2, 0) is 24.4 Å². The lowest BCUT2D eigenvalue weighted by molar-refractivity contribution is -0.117. The second-order valence-electron chi connectivity index (χ2n) is 14.8. The summed E-state index contributed by atoms with van der Waals surface area (Å²) in [5.74, 6) is 2.74. The summed E-state index contributed by atoms with van der Waals surface area (Å²) in [4.78, 5) is 18.3. The molecule has 3 aliphatic rings. The minimum atomic E-state index is -0.653. The molecule has 8 nitrogen and oxygen atoms in total. The Balaban J connectivity index is 1.05. The smallest absolute Gasteiger partial charge is 0.142 e. The van der Waals surface area contributed by atoms with Gasteiger partial charge in [-0.15, -0.1) is 0 Å². The van der Waals surface area contributed by atoms with E-state index in [1.165, 1.54) is 17.3 Å². The van der Waals surface area contributed by atoms with Gasteiger partial charge in [-0.05, 0) is 104 Å². The summed E-state index contributed by atoms with van der Waals surface area (Å²) >= 11 is 6.93. The number of pyridine rings is 1. The number of piperidine rings is 1. The van der Waals surface area contributed by atoms with E-state index >= 15 is 0 Å². The minimum Gasteiger partial charge on any atom is -0.493 e. The molecule has 0 spiro atoms. The Labute approximate surface area is 322 Å². The maximum Gasteiger partial charge on any atom is 0.142 e. The van der Waals surface area contributed by atoms with Gasteiger partial charge in [0.25, 0.3) is 0 Å². The van der Waals surface area contributed by atoms with Crippen molar-refractivity contribution in [1.82, 2.24) is 15.2 Å². The average molecular weight is 751 g/mol. The van der Waals surface area contributed by atoms with Crippen molar-refractivity contribution in [3.63, 3.8) is 0 Å². The molecule has 1 saturated heterocycles. The standard InChI is InChI=1S/C44H48ClFN4O4/c1-29-36(5-3-8-41(29)52-18-4-15-50-16-13-34(46)14-17-50)37-6-2-7-39-38(37)11-12-42(39)54-44-22-43(53-28-32-19-31(23-47)25-48-26-32)33(21-40(44)45)27-49-24-30-9-10-35(51)20-30/h2-3,5-8,19,21-22,25-26,30,34,42,49H,4,9-18,20,24,27-28H2,1H3/t30-,42-/m0/s1. The minimum absolute atomic E-state index is 0.187. The third-order valence-corrected chi connectivity index (χ3v) is 11.3. The quantitative estimate of drug-likeness (QED) is 0.120. The molecule has 0 bridgehead atoms. The van der Waals surface area contributed by atoms with Crippen LogP contribution in [0.2, 0.25) is 5.02 Å². The Kier molecular flexibility index (Phi) is 12.4. The van der Waals surface area contributed by atoms with Crippen LogP contribution in [0.1, 0.15) is 84.4 Å². The lowest BCUT2D eigenvalue weighted by Gasteiger charge is -2.28. The third kappa shape index (κ3) is 9.23. The number of alkyl halides is 1. The number of rotatable bonds is 15. The van der Waals surface area contributed by atoms with E-state index in [0.717, 1.165) is 85.4 Å². The van der Waals surface area contributed by atoms with E-state index in [1.807, 2.05) is 18.2 Å². The molecule has 10 heteroatoms. The maximum atomic E-state index is 13.5. The molecule has 4 aromatic rings. The molecule has 0 unspecified atom stereocenters. The normalized spacial score (nSPS) is 18.7. The third-order valence-electron chi connectivity index (χ3n) is 11.0. The molecule has 1 N–H and O–H groups in total. The number of hydrogen-bond donors (Lipinski definition) is 1. The van der Waals surface area contributed by atoms with Crippen LogP contribution in [0.15, 0.2) is 67.0 Å². The van der Waals surface area contributed by atoms with E-state index in [-0.39, 0.29) is 12.7 Å². The van der Waals surface area contributed by atoms with Crippen molar-refractivity contribution in [3.8, 4) is 34.4 Å². The van der Waals surface area contributed by atoms with Gasteiger partial charge in [0.15, 0.2) is 0 Å². The Hall–Kier alpha value is -4.49. The number of carbonyl (C=O) groups excluding carboxylic acids is 1. The van der Waals surface area contributed by atoms with Gasteiger partial charge in [0.2, 0.25) is 0 Å². The summed E-state index contributed by atoms with van der Waals surface area (Å²) in [5.41, 5.74) is 7.99. The summed E-state index contributed by atoms with van der Waals surface area (Å²) in [6.45, 7) is 6.81. The number of nitrogens with one attached hydrogen (secondary N) is 1. The molecule has 7 rings (SSSR count). The summed E-state index contributed by atoms with van der Waals surface area (Å²) in [6.07, 6.45) is 8.42. The number of hydrogen-bond acceptors (Lipinski definition) is 8. The molecule has 2 heterocycles. The van der Waals surface area contributed by atoms with Gasteiger partial charge in [0.05, 0.1) is 17.2 Å². The Morgan fingerprint density at radius 2 is 1.81 bits per heavy atom. The molecule has 2 atom stereocenters. The first kappa shape index (κ1) is 37.8. The van der Waals surface area contributed by atoms with Crippen LogP contribution in [0.4, 0.5) is 4.39 Å². The second-order valence-corrected chi connectivity index (χ2v) is 15.2. The number of halogens is 2. The number of ether oxygens (including phenoxy) is 3. The summed E-state index contributed by atoms with van der Waals surface area (Å²) in [7, 11) is 0. The molecule has 1 aliphatic heterocycles. The van der Waals surface area contributed by atoms with Crippen LogP contribution < -0.4 is 19.5 Å². The Morgan fingerprint density at radius 1 is 0.981 bits per heavy atom. The fraction of sp³-hybridized carbons (Fsp3) is 0.432. The molecule has 54 heavy (non-hydrogen) atoms. The largest absolute Gasteiger partial charge is 0.493 e. The van der Waals surface area contributed by atoms with Crippen LogP contribution in [0, 0.1) is 24.2 Å². The summed E-state index contributed by atoms with van der Waals surface area (Å²) < 4.78 is 32.9. The van der Waals surface area contributed by atoms with E-state index in [2.05, 4.69) is 58.5 Å². The molecule has 1 saturated carbocycles. The van der Waals surface area contributed by atoms with Crippen LogP contribution in [-0.4, -0.2) is 54.6 Å². The zero-order chi connectivity index (χ0) is 37.4. The molecule has 1 aromatic heterocycles. The molecular formula is C44H48ClFN4O4. The topological polar surface area (TPSA) is 96.7 Å². The highest BCUT2D eigenvalue weighted by Gasteiger charge is 2.29. The molecule has 282 valence electrons. The molecule has 0 amide bonds. The number of nitriles is 1. The zero-order valence-corrected chi connectivity index (χ0v) is 31.7. The highest BCUT2D eigenvalue weighted by molar-refractivity contribution is 6.32.